The van der Waals surface area contributed by atoms with Crippen molar-refractivity contribution in [3.05, 3.63) is 70.0 Å². The third kappa shape index (κ3) is 6.05. The van der Waals surface area contributed by atoms with Crippen LogP contribution in [0.15, 0.2) is 36.4 Å². The molecule has 2 aromatic rings. The number of urea groups is 1. The predicted molar refractivity (Wildman–Crippen MR) is 153 cm³/mol. The second kappa shape index (κ2) is 12.0. The van der Waals surface area contributed by atoms with E-state index in [1.165, 1.54) is 38.7 Å². The first-order valence-electron chi connectivity index (χ1n) is 14.4. The van der Waals surface area contributed by atoms with Crippen LogP contribution in [0.25, 0.3) is 0 Å². The first-order chi connectivity index (χ1) is 21.0. The van der Waals surface area contributed by atoms with Crippen molar-refractivity contribution in [2.24, 2.45) is 0 Å². The second-order valence-electron chi connectivity index (χ2n) is 12.1. The first-order valence-corrected chi connectivity index (χ1v) is 14.4. The summed E-state index contributed by atoms with van der Waals surface area (Å²) in [6.45, 7) is 5.03. The van der Waals surface area contributed by atoms with E-state index in [1.54, 1.807) is 0 Å². The molecule has 12 nitrogen and oxygen atoms in total. The number of nitrogens with zero attached hydrogens (tertiary/aromatic N) is 4. The summed E-state index contributed by atoms with van der Waals surface area (Å²) < 4.78 is 54.9. The number of amides is 3. The molecule has 3 unspecified atom stereocenters. The lowest BCUT2D eigenvalue weighted by Gasteiger charge is -2.61. The Morgan fingerprint density at radius 2 is 1.54 bits per heavy atom. The highest BCUT2D eigenvalue weighted by Gasteiger charge is 2.74. The minimum atomic E-state index is -4.72. The number of carbonyl (C=O) groups excluding carboxylic acids is 2. The standard InChI is InChI=1S/C30H38F4N4O8/c1-16-12-20(15-21(13-16)29(32,33)34)18(3)35(5)26(40)38-24(23-7-6-22(31)14-17(23)2)27(41,42)25(28(43,44)30(38,45)46)37-10-8-36(9-11-37)19(4)39/h6-7,12-15,18,24-25,41-46H,8-11H2,1-5H3. The molecule has 254 valence electrons. The monoisotopic (exact) mass is 658 g/mol. The van der Waals surface area contributed by atoms with E-state index >= 15 is 0 Å². The molecule has 2 saturated heterocycles. The molecule has 0 saturated carbocycles. The van der Waals surface area contributed by atoms with Gasteiger partial charge in [0.2, 0.25) is 11.7 Å². The molecule has 46 heavy (non-hydrogen) atoms. The van der Waals surface area contributed by atoms with Crippen molar-refractivity contribution in [1.29, 1.82) is 0 Å². The fourth-order valence-electron chi connectivity index (χ4n) is 6.33. The highest BCUT2D eigenvalue weighted by atomic mass is 19.4. The second-order valence-corrected chi connectivity index (χ2v) is 12.1. The van der Waals surface area contributed by atoms with Crippen molar-refractivity contribution in [2.45, 2.75) is 69.5 Å². The van der Waals surface area contributed by atoms with Crippen LogP contribution in [0, 0.1) is 19.7 Å². The van der Waals surface area contributed by atoms with Gasteiger partial charge in [0.05, 0.1) is 11.6 Å². The van der Waals surface area contributed by atoms with E-state index in [0.717, 1.165) is 47.2 Å². The molecule has 2 fully saturated rings. The smallest absolute Gasteiger partial charge is 0.362 e. The number of aryl methyl sites for hydroxylation is 2. The van der Waals surface area contributed by atoms with Crippen molar-refractivity contribution in [3.8, 4) is 0 Å². The maximum absolute atomic E-state index is 14.2. The summed E-state index contributed by atoms with van der Waals surface area (Å²) in [7, 11) is 1.09. The normalized spacial score (nSPS) is 23.6. The van der Waals surface area contributed by atoms with E-state index in [9.17, 15) is 57.8 Å². The van der Waals surface area contributed by atoms with Gasteiger partial charge in [-0.25, -0.2) is 9.18 Å². The quantitative estimate of drug-likeness (QED) is 0.209. The van der Waals surface area contributed by atoms with Gasteiger partial charge in [0.25, 0.3) is 5.79 Å². The van der Waals surface area contributed by atoms with E-state index < -0.39 is 59.2 Å². The molecular weight excluding hydrogens is 620 g/mol. The molecule has 3 atom stereocenters. The average molecular weight is 659 g/mol. The van der Waals surface area contributed by atoms with Gasteiger partial charge in [-0.2, -0.15) is 13.2 Å². The van der Waals surface area contributed by atoms with Crippen LogP contribution < -0.4 is 0 Å². The molecule has 0 aromatic heterocycles. The molecule has 2 aromatic carbocycles. The van der Waals surface area contributed by atoms with Crippen LogP contribution in [0.4, 0.5) is 22.4 Å². The minimum Gasteiger partial charge on any atom is -0.362 e. The molecule has 0 bridgehead atoms. The van der Waals surface area contributed by atoms with Crippen molar-refractivity contribution in [3.63, 3.8) is 0 Å². The number of carbonyl (C=O) groups is 2. The Hall–Kier alpha value is -3.38. The van der Waals surface area contributed by atoms with E-state index in [0.29, 0.717) is 0 Å². The zero-order valence-corrected chi connectivity index (χ0v) is 25.8. The van der Waals surface area contributed by atoms with Crippen LogP contribution in [-0.2, 0) is 11.0 Å². The molecule has 0 radical (unpaired) electrons. The summed E-state index contributed by atoms with van der Waals surface area (Å²) in [6, 6.07) is -1.20. The number of benzene rings is 2. The number of piperidine rings is 1. The summed E-state index contributed by atoms with van der Waals surface area (Å²) in [5, 5.41) is 69.3. The number of rotatable bonds is 4. The highest BCUT2D eigenvalue weighted by molar-refractivity contribution is 5.77. The van der Waals surface area contributed by atoms with E-state index in [2.05, 4.69) is 0 Å². The van der Waals surface area contributed by atoms with Crippen LogP contribution in [-0.4, -0.2) is 119 Å². The van der Waals surface area contributed by atoms with Crippen molar-refractivity contribution >= 4 is 11.9 Å². The molecule has 0 spiro atoms. The summed E-state index contributed by atoms with van der Waals surface area (Å²) in [4.78, 5) is 29.3. The maximum atomic E-state index is 14.2. The summed E-state index contributed by atoms with van der Waals surface area (Å²) in [6.07, 6.45) is -4.72. The highest BCUT2D eigenvalue weighted by Crippen LogP contribution is 2.50. The Balaban J connectivity index is 1.85. The van der Waals surface area contributed by atoms with Gasteiger partial charge in [0.15, 0.2) is 0 Å². The Morgan fingerprint density at radius 1 is 0.957 bits per heavy atom. The van der Waals surface area contributed by atoms with Gasteiger partial charge in [0, 0.05) is 40.2 Å². The number of hydrogen-bond donors (Lipinski definition) is 6. The van der Waals surface area contributed by atoms with E-state index in [-0.39, 0.29) is 59.2 Å². The molecule has 6 N–H and O–H groups in total. The van der Waals surface area contributed by atoms with Gasteiger partial charge in [0.1, 0.15) is 17.9 Å². The Labute approximate surface area is 262 Å². The molecule has 4 rings (SSSR count). The van der Waals surface area contributed by atoms with Crippen LogP contribution in [0.1, 0.15) is 53.7 Å². The van der Waals surface area contributed by atoms with E-state index in [1.807, 2.05) is 0 Å². The number of alkyl halides is 3. The van der Waals surface area contributed by atoms with Gasteiger partial charge in [-0.3, -0.25) is 14.6 Å². The van der Waals surface area contributed by atoms with Crippen LogP contribution in [0.3, 0.4) is 0 Å². The Kier molecular flexibility index (Phi) is 9.26. The molecule has 3 amide bonds. The maximum Gasteiger partial charge on any atom is 0.416 e. The zero-order valence-electron chi connectivity index (χ0n) is 25.8. The molecule has 2 aliphatic heterocycles. The van der Waals surface area contributed by atoms with Crippen LogP contribution >= 0.6 is 0 Å². The number of piperazine rings is 1. The molecule has 0 aliphatic carbocycles. The summed E-state index contributed by atoms with van der Waals surface area (Å²) >= 11 is 0. The predicted octanol–water partition coefficient (Wildman–Crippen LogP) is 1.16. The lowest BCUT2D eigenvalue weighted by molar-refractivity contribution is -0.482. The van der Waals surface area contributed by atoms with Gasteiger partial charge < -0.3 is 40.4 Å². The largest absolute Gasteiger partial charge is 0.416 e. The first kappa shape index (κ1) is 35.5. The number of halogens is 4. The molecule has 2 heterocycles. The minimum absolute atomic E-state index is 0.00139. The molecule has 16 heteroatoms. The van der Waals surface area contributed by atoms with Gasteiger partial charge in [-0.05, 0) is 61.7 Å². The van der Waals surface area contributed by atoms with Crippen LogP contribution in [0.5, 0.6) is 0 Å². The number of aliphatic hydroxyl groups is 6. The van der Waals surface area contributed by atoms with Crippen LogP contribution in [0.2, 0.25) is 0 Å². The van der Waals surface area contributed by atoms with E-state index in [4.69, 9.17) is 0 Å². The lowest BCUT2D eigenvalue weighted by Crippen LogP contribution is -2.85. The lowest BCUT2D eigenvalue weighted by atomic mass is 9.77. The average Bonchev–Trinajstić information content (AvgIpc) is 2.93. The Bertz CT molecular complexity index is 1490. The summed E-state index contributed by atoms with van der Waals surface area (Å²) in [5.74, 6) is -12.3. The zero-order chi connectivity index (χ0) is 34.7. The SMILES string of the molecule is CC(=O)N1CCN(C2C(O)(O)C(c3ccc(F)cc3C)N(C(=O)N(C)C(C)c3cc(C)cc(C(F)(F)F)c3)C(O)(O)C2(O)O)CC1. The van der Waals surface area contributed by atoms with Gasteiger partial charge in [-0.1, -0.05) is 17.7 Å². The van der Waals surface area contributed by atoms with Crippen molar-refractivity contribution in [2.75, 3.05) is 33.2 Å². The number of likely N-dealkylation sites (tertiary alicyclic amines) is 1. The molecule has 2 aliphatic rings. The third-order valence-corrected chi connectivity index (χ3v) is 8.92. The molecular formula is C30H38F4N4O8. The van der Waals surface area contributed by atoms with Crippen molar-refractivity contribution in [1.82, 2.24) is 19.6 Å². The fourth-order valence-corrected chi connectivity index (χ4v) is 6.33. The topological polar surface area (TPSA) is 168 Å². The van der Waals surface area contributed by atoms with Gasteiger partial charge >= 0.3 is 18.1 Å². The van der Waals surface area contributed by atoms with Crippen molar-refractivity contribution < 1.29 is 57.8 Å². The summed E-state index contributed by atoms with van der Waals surface area (Å²) in [5.41, 5.74) is -1.02. The third-order valence-electron chi connectivity index (χ3n) is 8.92. The van der Waals surface area contributed by atoms with Gasteiger partial charge in [-0.15, -0.1) is 0 Å². The Morgan fingerprint density at radius 3 is 2.07 bits per heavy atom. The fraction of sp³-hybridized carbons (Fsp3) is 0.533. The number of hydrogen-bond acceptors (Lipinski definition) is 9.